The van der Waals surface area contributed by atoms with Crippen molar-refractivity contribution in [2.45, 2.75) is 39.2 Å². The van der Waals surface area contributed by atoms with E-state index in [2.05, 4.69) is 4.90 Å². The van der Waals surface area contributed by atoms with Crippen molar-refractivity contribution in [2.24, 2.45) is 5.41 Å². The summed E-state index contributed by atoms with van der Waals surface area (Å²) in [7, 11) is 0. The van der Waals surface area contributed by atoms with Gasteiger partial charge in [0.1, 0.15) is 11.4 Å². The smallest absolute Gasteiger partial charge is 0.410 e. The average molecular weight is 355 g/mol. The van der Waals surface area contributed by atoms with Crippen LogP contribution in [0.5, 0.6) is 0 Å². The Kier molecular flexibility index (Phi) is 4.41. The highest BCUT2D eigenvalue weighted by Crippen LogP contribution is 2.42. The Labute approximate surface area is 147 Å². The minimum Gasteiger partial charge on any atom is -0.444 e. The summed E-state index contributed by atoms with van der Waals surface area (Å²) < 4.78 is 19.6. The Morgan fingerprint density at radius 3 is 2.62 bits per heavy atom. The lowest BCUT2D eigenvalue weighted by Gasteiger charge is -2.27. The third-order valence-electron chi connectivity index (χ3n) is 4.78. The molecule has 0 aromatic heterocycles. The number of nitrogens with zero attached hydrogens (tertiary/aromatic N) is 2. The van der Waals surface area contributed by atoms with E-state index in [1.54, 1.807) is 17.0 Å². The molecule has 1 atom stereocenters. The summed E-state index contributed by atoms with van der Waals surface area (Å²) in [6.45, 7) is 8.54. The Hall–Kier alpha value is -1.49. The fourth-order valence-corrected chi connectivity index (χ4v) is 3.79. The van der Waals surface area contributed by atoms with Gasteiger partial charge in [0.05, 0.1) is 5.69 Å². The maximum atomic E-state index is 14.2. The maximum Gasteiger partial charge on any atom is 0.410 e. The molecule has 6 heteroatoms. The summed E-state index contributed by atoms with van der Waals surface area (Å²) in [5.41, 5.74) is 0.135. The van der Waals surface area contributed by atoms with Crippen LogP contribution < -0.4 is 4.90 Å². The van der Waals surface area contributed by atoms with Crippen LogP contribution >= 0.6 is 11.6 Å². The fraction of sp³-hybridized carbons (Fsp3) is 0.611. The Morgan fingerprint density at radius 2 is 1.96 bits per heavy atom. The number of amides is 1. The molecule has 0 N–H and O–H groups in total. The third kappa shape index (κ3) is 3.61. The molecule has 0 saturated carbocycles. The largest absolute Gasteiger partial charge is 0.444 e. The lowest BCUT2D eigenvalue weighted by Crippen LogP contribution is -2.37. The number of hydrogen-bond acceptors (Lipinski definition) is 3. The molecule has 1 spiro atoms. The summed E-state index contributed by atoms with van der Waals surface area (Å²) in [4.78, 5) is 16.1. The van der Waals surface area contributed by atoms with E-state index in [1.165, 1.54) is 6.07 Å². The predicted molar refractivity (Wildman–Crippen MR) is 93.1 cm³/mol. The van der Waals surface area contributed by atoms with Gasteiger partial charge in [-0.3, -0.25) is 0 Å². The average Bonchev–Trinajstić information content (AvgIpc) is 3.05. The SMILES string of the molecule is CC(C)(C)OC(=O)N1CCC2(CCN(c3ccc(Cl)cc3F)C2)C1. The van der Waals surface area contributed by atoms with Gasteiger partial charge < -0.3 is 14.5 Å². The summed E-state index contributed by atoms with van der Waals surface area (Å²) in [5.74, 6) is -0.290. The molecular weight excluding hydrogens is 331 g/mol. The van der Waals surface area contributed by atoms with Crippen molar-refractivity contribution in [1.29, 1.82) is 0 Å². The molecule has 2 saturated heterocycles. The highest BCUT2D eigenvalue weighted by molar-refractivity contribution is 6.30. The number of rotatable bonds is 1. The standard InChI is InChI=1S/C18H24ClFN2O2/c1-17(2,3)24-16(23)22-9-7-18(12-22)6-8-21(11-18)15-5-4-13(19)10-14(15)20/h4-5,10H,6-9,11-12H2,1-3H3. The molecule has 0 aliphatic carbocycles. The van der Waals surface area contributed by atoms with Gasteiger partial charge in [-0.1, -0.05) is 11.6 Å². The van der Waals surface area contributed by atoms with Crippen molar-refractivity contribution >= 4 is 23.4 Å². The lowest BCUT2D eigenvalue weighted by atomic mass is 9.86. The van der Waals surface area contributed by atoms with Crippen molar-refractivity contribution in [3.63, 3.8) is 0 Å². The second kappa shape index (κ2) is 6.10. The van der Waals surface area contributed by atoms with Crippen LogP contribution in [0.4, 0.5) is 14.9 Å². The molecule has 3 rings (SSSR count). The molecule has 2 fully saturated rings. The minimum absolute atomic E-state index is 0.0307. The molecular formula is C18H24ClFN2O2. The monoisotopic (exact) mass is 354 g/mol. The van der Waals surface area contributed by atoms with Crippen molar-refractivity contribution in [3.05, 3.63) is 29.0 Å². The summed E-state index contributed by atoms with van der Waals surface area (Å²) in [6.07, 6.45) is 1.63. The Morgan fingerprint density at radius 1 is 1.25 bits per heavy atom. The van der Waals surface area contributed by atoms with E-state index in [1.807, 2.05) is 20.8 Å². The quantitative estimate of drug-likeness (QED) is 0.753. The number of ether oxygens (including phenoxy) is 1. The van der Waals surface area contributed by atoms with E-state index in [4.69, 9.17) is 16.3 Å². The molecule has 0 bridgehead atoms. The van der Waals surface area contributed by atoms with Crippen molar-refractivity contribution in [2.75, 3.05) is 31.1 Å². The molecule has 4 nitrogen and oxygen atoms in total. The first kappa shape index (κ1) is 17.3. The van der Waals surface area contributed by atoms with Crippen molar-refractivity contribution < 1.29 is 13.9 Å². The van der Waals surface area contributed by atoms with Gasteiger partial charge in [0.2, 0.25) is 0 Å². The molecule has 0 radical (unpaired) electrons. The molecule has 2 aliphatic rings. The number of halogens is 2. The molecule has 1 unspecified atom stereocenters. The highest BCUT2D eigenvalue weighted by atomic mass is 35.5. The first-order chi connectivity index (χ1) is 11.2. The number of likely N-dealkylation sites (tertiary alicyclic amines) is 1. The zero-order valence-electron chi connectivity index (χ0n) is 14.4. The zero-order chi connectivity index (χ0) is 17.5. The van der Waals surface area contributed by atoms with Gasteiger partial charge in [0.25, 0.3) is 0 Å². The van der Waals surface area contributed by atoms with E-state index in [9.17, 15) is 9.18 Å². The van der Waals surface area contributed by atoms with Crippen LogP contribution in [-0.4, -0.2) is 42.8 Å². The van der Waals surface area contributed by atoms with Gasteiger partial charge in [0, 0.05) is 36.6 Å². The Bertz CT molecular complexity index is 646. The molecule has 24 heavy (non-hydrogen) atoms. The van der Waals surface area contributed by atoms with Crippen LogP contribution in [0.25, 0.3) is 0 Å². The summed E-state index contributed by atoms with van der Waals surface area (Å²) in [6, 6.07) is 4.80. The van der Waals surface area contributed by atoms with Gasteiger partial charge in [-0.25, -0.2) is 9.18 Å². The Balaban J connectivity index is 1.66. The predicted octanol–water partition coefficient (Wildman–Crippen LogP) is 4.32. The molecule has 2 heterocycles. The number of carbonyl (C=O) groups excluding carboxylic acids is 1. The zero-order valence-corrected chi connectivity index (χ0v) is 15.2. The number of benzene rings is 1. The third-order valence-corrected chi connectivity index (χ3v) is 5.01. The second-order valence-electron chi connectivity index (χ2n) is 7.92. The van der Waals surface area contributed by atoms with Crippen molar-refractivity contribution in [1.82, 2.24) is 4.90 Å². The maximum absolute atomic E-state index is 14.2. The van der Waals surface area contributed by atoms with Gasteiger partial charge in [-0.05, 0) is 51.8 Å². The van der Waals surface area contributed by atoms with Crippen LogP contribution in [0.3, 0.4) is 0 Å². The molecule has 2 aliphatic heterocycles. The number of carbonyl (C=O) groups is 1. The second-order valence-corrected chi connectivity index (χ2v) is 8.36. The normalized spacial score (nSPS) is 24.0. The lowest BCUT2D eigenvalue weighted by molar-refractivity contribution is 0.0276. The first-order valence-corrected chi connectivity index (χ1v) is 8.73. The molecule has 1 aromatic rings. The van der Waals surface area contributed by atoms with Crippen LogP contribution in [0.1, 0.15) is 33.6 Å². The van der Waals surface area contributed by atoms with Crippen LogP contribution in [0.2, 0.25) is 5.02 Å². The topological polar surface area (TPSA) is 32.8 Å². The molecule has 1 aromatic carbocycles. The number of anilines is 1. The van der Waals surface area contributed by atoms with E-state index in [0.717, 1.165) is 25.9 Å². The van der Waals surface area contributed by atoms with E-state index in [0.29, 0.717) is 23.8 Å². The van der Waals surface area contributed by atoms with E-state index in [-0.39, 0.29) is 17.3 Å². The van der Waals surface area contributed by atoms with Gasteiger partial charge in [-0.15, -0.1) is 0 Å². The minimum atomic E-state index is -0.485. The summed E-state index contributed by atoms with van der Waals surface area (Å²) in [5, 5.41) is 0.405. The van der Waals surface area contributed by atoms with E-state index < -0.39 is 5.60 Å². The van der Waals surface area contributed by atoms with Crippen LogP contribution in [0, 0.1) is 11.2 Å². The highest BCUT2D eigenvalue weighted by Gasteiger charge is 2.46. The van der Waals surface area contributed by atoms with E-state index >= 15 is 0 Å². The van der Waals surface area contributed by atoms with Crippen LogP contribution in [0.15, 0.2) is 18.2 Å². The van der Waals surface area contributed by atoms with Gasteiger partial charge in [0.15, 0.2) is 0 Å². The first-order valence-electron chi connectivity index (χ1n) is 8.35. The fourth-order valence-electron chi connectivity index (χ4n) is 3.63. The van der Waals surface area contributed by atoms with Crippen molar-refractivity contribution in [3.8, 4) is 0 Å². The van der Waals surface area contributed by atoms with Gasteiger partial charge >= 0.3 is 6.09 Å². The van der Waals surface area contributed by atoms with Crippen LogP contribution in [-0.2, 0) is 4.74 Å². The van der Waals surface area contributed by atoms with Gasteiger partial charge in [-0.2, -0.15) is 0 Å². The number of hydrogen-bond donors (Lipinski definition) is 0. The summed E-state index contributed by atoms with van der Waals surface area (Å²) >= 11 is 5.83. The molecule has 132 valence electrons. The molecule has 1 amide bonds.